The molecule has 0 saturated heterocycles. The van der Waals surface area contributed by atoms with Crippen molar-refractivity contribution in [2.75, 3.05) is 29.6 Å². The van der Waals surface area contributed by atoms with E-state index in [0.29, 0.717) is 27.1 Å². The summed E-state index contributed by atoms with van der Waals surface area (Å²) in [5.74, 6) is -1.46. The van der Waals surface area contributed by atoms with Crippen LogP contribution in [0.3, 0.4) is 0 Å². The maximum Gasteiger partial charge on any atom is 0.341 e. The van der Waals surface area contributed by atoms with Crippen LogP contribution in [0.4, 0.5) is 21.5 Å². The number of ether oxygens (including phenoxy) is 1. The van der Waals surface area contributed by atoms with Crippen LogP contribution in [0, 0.1) is 5.82 Å². The molecule has 0 saturated carbocycles. The molecule has 2 aromatic rings. The number of nitrogens with one attached hydrogen (secondary N) is 3. The average molecular weight is 416 g/mol. The van der Waals surface area contributed by atoms with Crippen LogP contribution in [0.5, 0.6) is 0 Å². The van der Waals surface area contributed by atoms with Crippen molar-refractivity contribution >= 4 is 63.6 Å². The molecule has 0 spiro atoms. The number of carbonyl (C=O) groups is 1. The van der Waals surface area contributed by atoms with Gasteiger partial charge >= 0.3 is 5.97 Å². The van der Waals surface area contributed by atoms with Gasteiger partial charge in [0.2, 0.25) is 0 Å². The second-order valence-corrected chi connectivity index (χ2v) is 6.25. The zero-order chi connectivity index (χ0) is 19.3. The predicted molar refractivity (Wildman–Crippen MR) is 108 cm³/mol. The maximum absolute atomic E-state index is 14.1. The summed E-state index contributed by atoms with van der Waals surface area (Å²) in [5.41, 5.74) is 1.03. The summed E-state index contributed by atoms with van der Waals surface area (Å²) in [7, 11) is 1.62. The minimum Gasteiger partial charge on any atom is -0.462 e. The molecule has 5 nitrogen and oxygen atoms in total. The fraction of sp³-hybridized carbons (Fsp3) is 0.176. The Morgan fingerprint density at radius 3 is 2.42 bits per heavy atom. The smallest absolute Gasteiger partial charge is 0.341 e. The topological polar surface area (TPSA) is 62.4 Å². The number of benzene rings is 2. The van der Waals surface area contributed by atoms with E-state index in [0.717, 1.165) is 0 Å². The molecule has 0 heterocycles. The van der Waals surface area contributed by atoms with Crippen LogP contribution >= 0.6 is 35.4 Å². The van der Waals surface area contributed by atoms with Crippen molar-refractivity contribution in [2.45, 2.75) is 6.92 Å². The van der Waals surface area contributed by atoms with Crippen molar-refractivity contribution in [3.8, 4) is 0 Å². The molecule has 0 fully saturated rings. The zero-order valence-electron chi connectivity index (χ0n) is 14.0. The summed E-state index contributed by atoms with van der Waals surface area (Å²) in [5, 5.41) is 9.56. The monoisotopic (exact) mass is 415 g/mol. The Hall–Kier alpha value is -2.09. The molecule has 26 heavy (non-hydrogen) atoms. The van der Waals surface area contributed by atoms with E-state index in [4.69, 9.17) is 40.2 Å². The van der Waals surface area contributed by atoms with Crippen molar-refractivity contribution in [1.82, 2.24) is 0 Å². The van der Waals surface area contributed by atoms with Gasteiger partial charge in [-0.05, 0) is 43.4 Å². The van der Waals surface area contributed by atoms with Gasteiger partial charge in [0.25, 0.3) is 0 Å². The molecule has 2 aromatic carbocycles. The average Bonchev–Trinajstić information content (AvgIpc) is 2.59. The molecule has 0 bridgehead atoms. The summed E-state index contributed by atoms with van der Waals surface area (Å²) in [6, 6.07) is 7.53. The number of esters is 1. The van der Waals surface area contributed by atoms with Crippen molar-refractivity contribution in [2.24, 2.45) is 0 Å². The van der Waals surface area contributed by atoms with E-state index in [-0.39, 0.29) is 17.3 Å². The number of thiocarbonyl (C=S) groups is 1. The van der Waals surface area contributed by atoms with Gasteiger partial charge in [-0.3, -0.25) is 0 Å². The highest BCUT2D eigenvalue weighted by molar-refractivity contribution is 7.80. The third kappa shape index (κ3) is 4.75. The standard InChI is InChI=1S/C17H16Cl2FN3O2S/c1-3-25-16(24)9-7-14(13(21-2)8-12(9)20)22-17(26)23-15-10(18)5-4-6-11(15)19/h4-8,21H,3H2,1-2H3,(H2,22,23,26). The van der Waals surface area contributed by atoms with Gasteiger partial charge in [0.1, 0.15) is 5.82 Å². The van der Waals surface area contributed by atoms with Gasteiger partial charge in [0, 0.05) is 7.05 Å². The lowest BCUT2D eigenvalue weighted by molar-refractivity contribution is 0.0521. The van der Waals surface area contributed by atoms with Crippen LogP contribution in [-0.2, 0) is 4.74 Å². The van der Waals surface area contributed by atoms with Gasteiger partial charge in [0.05, 0.1) is 39.3 Å². The Labute approximate surface area is 165 Å². The van der Waals surface area contributed by atoms with E-state index in [1.165, 1.54) is 12.1 Å². The summed E-state index contributed by atoms with van der Waals surface area (Å²) in [6.07, 6.45) is 0. The van der Waals surface area contributed by atoms with Crippen LogP contribution in [0.2, 0.25) is 10.0 Å². The second kappa shape index (κ2) is 9.02. The molecule has 9 heteroatoms. The van der Waals surface area contributed by atoms with Crippen molar-refractivity contribution in [3.05, 3.63) is 51.8 Å². The maximum atomic E-state index is 14.1. The van der Waals surface area contributed by atoms with Crippen LogP contribution in [0.1, 0.15) is 17.3 Å². The lowest BCUT2D eigenvalue weighted by Gasteiger charge is -2.16. The quantitative estimate of drug-likeness (QED) is 0.462. The first kappa shape index (κ1) is 20.2. The second-order valence-electron chi connectivity index (χ2n) is 5.02. The molecule has 2 rings (SSSR count). The van der Waals surface area contributed by atoms with E-state index < -0.39 is 11.8 Å². The molecule has 0 amide bonds. The number of para-hydroxylation sites is 1. The Morgan fingerprint density at radius 1 is 1.19 bits per heavy atom. The summed E-state index contributed by atoms with van der Waals surface area (Å²) in [4.78, 5) is 11.9. The SMILES string of the molecule is CCOC(=O)c1cc(NC(=S)Nc2c(Cl)cccc2Cl)c(NC)cc1F. The van der Waals surface area contributed by atoms with Crippen molar-refractivity contribution in [3.63, 3.8) is 0 Å². The first-order valence-corrected chi connectivity index (χ1v) is 8.74. The van der Waals surface area contributed by atoms with Crippen molar-refractivity contribution in [1.29, 1.82) is 0 Å². The highest BCUT2D eigenvalue weighted by Gasteiger charge is 2.17. The number of anilines is 3. The lowest BCUT2D eigenvalue weighted by Crippen LogP contribution is -2.21. The van der Waals surface area contributed by atoms with Crippen LogP contribution in [0.15, 0.2) is 30.3 Å². The molecular weight excluding hydrogens is 400 g/mol. The number of carbonyl (C=O) groups excluding carboxylic acids is 1. The molecule has 138 valence electrons. The van der Waals surface area contributed by atoms with Crippen LogP contribution in [-0.4, -0.2) is 24.7 Å². The van der Waals surface area contributed by atoms with E-state index in [1.807, 2.05) is 0 Å². The molecule has 0 radical (unpaired) electrons. The van der Waals surface area contributed by atoms with Gasteiger partial charge in [-0.2, -0.15) is 0 Å². The first-order chi connectivity index (χ1) is 12.4. The number of rotatable bonds is 5. The molecule has 0 aliphatic heterocycles. The minimum absolute atomic E-state index is 0.139. The van der Waals surface area contributed by atoms with E-state index >= 15 is 0 Å². The molecule has 0 aliphatic carbocycles. The first-order valence-electron chi connectivity index (χ1n) is 7.57. The molecule has 3 N–H and O–H groups in total. The van der Waals surface area contributed by atoms with E-state index in [1.54, 1.807) is 32.2 Å². The Kier molecular flexibility index (Phi) is 7.02. The Morgan fingerprint density at radius 2 is 1.85 bits per heavy atom. The number of hydrogen-bond acceptors (Lipinski definition) is 4. The lowest BCUT2D eigenvalue weighted by atomic mass is 10.1. The Bertz CT molecular complexity index is 829. The Balaban J connectivity index is 2.28. The molecular formula is C17H16Cl2FN3O2S. The number of halogens is 3. The third-order valence-corrected chi connectivity index (χ3v) is 4.16. The van der Waals surface area contributed by atoms with E-state index in [2.05, 4.69) is 16.0 Å². The zero-order valence-corrected chi connectivity index (χ0v) is 16.3. The van der Waals surface area contributed by atoms with Crippen molar-refractivity contribution < 1.29 is 13.9 Å². The van der Waals surface area contributed by atoms with Crippen LogP contribution in [0.25, 0.3) is 0 Å². The van der Waals surface area contributed by atoms with Gasteiger partial charge in [0.15, 0.2) is 5.11 Å². The molecule has 0 unspecified atom stereocenters. The summed E-state index contributed by atoms with van der Waals surface area (Å²) >= 11 is 17.5. The highest BCUT2D eigenvalue weighted by Crippen LogP contribution is 2.31. The fourth-order valence-electron chi connectivity index (χ4n) is 2.13. The van der Waals surface area contributed by atoms with E-state index in [9.17, 15) is 9.18 Å². The normalized spacial score (nSPS) is 10.2. The fourth-order valence-corrected chi connectivity index (χ4v) is 2.84. The molecule has 0 atom stereocenters. The van der Waals surface area contributed by atoms with Gasteiger partial charge in [-0.1, -0.05) is 29.3 Å². The highest BCUT2D eigenvalue weighted by atomic mass is 35.5. The van der Waals surface area contributed by atoms with Gasteiger partial charge in [-0.15, -0.1) is 0 Å². The predicted octanol–water partition coefficient (Wildman–Crippen LogP) is 5.16. The minimum atomic E-state index is -0.760. The largest absolute Gasteiger partial charge is 0.462 e. The van der Waals surface area contributed by atoms with Gasteiger partial charge < -0.3 is 20.7 Å². The van der Waals surface area contributed by atoms with Crippen LogP contribution < -0.4 is 16.0 Å². The third-order valence-electron chi connectivity index (χ3n) is 3.32. The number of hydrogen-bond donors (Lipinski definition) is 3. The van der Waals surface area contributed by atoms with Gasteiger partial charge in [-0.25, -0.2) is 9.18 Å². The molecule has 0 aromatic heterocycles. The summed E-state index contributed by atoms with van der Waals surface area (Å²) in [6.45, 7) is 1.78. The summed E-state index contributed by atoms with van der Waals surface area (Å²) < 4.78 is 19.0. The molecule has 0 aliphatic rings.